The highest BCUT2D eigenvalue weighted by atomic mass is 16.5. The Labute approximate surface area is 92.6 Å². The van der Waals surface area contributed by atoms with Crippen LogP contribution in [0.3, 0.4) is 0 Å². The Balaban J connectivity index is 2.27. The van der Waals surface area contributed by atoms with Crippen LogP contribution in [0.1, 0.15) is 34.9 Å². The normalized spacial score (nSPS) is 15.3. The number of methoxy groups -OCH3 is 1. The third-order valence-electron chi connectivity index (χ3n) is 2.97. The quantitative estimate of drug-likeness (QED) is 0.800. The second-order valence-corrected chi connectivity index (χ2v) is 4.09. The van der Waals surface area contributed by atoms with Crippen LogP contribution in [-0.4, -0.2) is 23.4 Å². The molecule has 3 rings (SSSR count). The van der Waals surface area contributed by atoms with E-state index in [2.05, 4.69) is 9.97 Å². The largest absolute Gasteiger partial charge is 0.494 e. The number of aromatic nitrogens is 2. The lowest BCUT2D eigenvalue weighted by molar-refractivity contribution is 0.112. The lowest BCUT2D eigenvalue weighted by atomic mass is 10.2. The number of nitrogens with one attached hydrogen (secondary N) is 1. The maximum Gasteiger partial charge on any atom is 0.152 e. The van der Waals surface area contributed by atoms with Crippen molar-refractivity contribution in [2.24, 2.45) is 0 Å². The van der Waals surface area contributed by atoms with E-state index in [-0.39, 0.29) is 0 Å². The zero-order valence-corrected chi connectivity index (χ0v) is 8.99. The minimum atomic E-state index is 0.539. The molecule has 0 radical (unpaired) electrons. The van der Waals surface area contributed by atoms with Gasteiger partial charge in [0.05, 0.1) is 7.11 Å². The van der Waals surface area contributed by atoms with Crippen molar-refractivity contribution in [1.29, 1.82) is 0 Å². The molecule has 0 unspecified atom stereocenters. The predicted molar refractivity (Wildman–Crippen MR) is 60.0 cm³/mol. The van der Waals surface area contributed by atoms with Gasteiger partial charge in [-0.3, -0.25) is 4.79 Å². The molecule has 1 aromatic heterocycles. The highest BCUT2D eigenvalue weighted by Crippen LogP contribution is 2.40. The number of rotatable bonds is 3. The van der Waals surface area contributed by atoms with Gasteiger partial charge in [0.15, 0.2) is 6.29 Å². The number of carbonyl (C=O) groups is 1. The zero-order chi connectivity index (χ0) is 11.1. The molecule has 0 aliphatic heterocycles. The molecule has 0 bridgehead atoms. The number of aldehydes is 1. The molecule has 1 fully saturated rings. The molecule has 1 heterocycles. The lowest BCUT2D eigenvalue weighted by Gasteiger charge is -2.01. The SMILES string of the molecule is COc1ccc(C=O)c2nc(C3CC3)[nH]c12. The monoisotopic (exact) mass is 216 g/mol. The van der Waals surface area contributed by atoms with Gasteiger partial charge in [0, 0.05) is 11.5 Å². The molecule has 0 saturated heterocycles. The lowest BCUT2D eigenvalue weighted by Crippen LogP contribution is -1.88. The van der Waals surface area contributed by atoms with Crippen LogP contribution in [0.25, 0.3) is 11.0 Å². The van der Waals surface area contributed by atoms with Crippen molar-refractivity contribution in [1.82, 2.24) is 9.97 Å². The average molecular weight is 216 g/mol. The highest BCUT2D eigenvalue weighted by Gasteiger charge is 2.27. The molecule has 1 aromatic carbocycles. The summed E-state index contributed by atoms with van der Waals surface area (Å²) in [5.74, 6) is 2.25. The number of imidazole rings is 1. The van der Waals surface area contributed by atoms with Crippen molar-refractivity contribution in [2.75, 3.05) is 7.11 Å². The Bertz CT molecular complexity index is 555. The average Bonchev–Trinajstić information content (AvgIpc) is 3.07. The first kappa shape index (κ1) is 9.39. The van der Waals surface area contributed by atoms with E-state index >= 15 is 0 Å². The van der Waals surface area contributed by atoms with Gasteiger partial charge in [-0.2, -0.15) is 0 Å². The van der Waals surface area contributed by atoms with Crippen LogP contribution in [-0.2, 0) is 0 Å². The third kappa shape index (κ3) is 1.30. The molecular formula is C12H12N2O2. The maximum atomic E-state index is 10.9. The molecule has 0 amide bonds. The zero-order valence-electron chi connectivity index (χ0n) is 8.99. The van der Waals surface area contributed by atoms with E-state index in [9.17, 15) is 4.79 Å². The first-order valence-corrected chi connectivity index (χ1v) is 5.35. The van der Waals surface area contributed by atoms with Gasteiger partial charge in [0.25, 0.3) is 0 Å². The molecule has 1 aliphatic carbocycles. The molecule has 4 nitrogen and oxygen atoms in total. The number of H-pyrrole nitrogens is 1. The fourth-order valence-corrected chi connectivity index (χ4v) is 1.92. The summed E-state index contributed by atoms with van der Waals surface area (Å²) >= 11 is 0. The van der Waals surface area contributed by atoms with Crippen LogP contribution in [0.4, 0.5) is 0 Å². The highest BCUT2D eigenvalue weighted by molar-refractivity contribution is 5.97. The number of fused-ring (bicyclic) bond motifs is 1. The third-order valence-corrected chi connectivity index (χ3v) is 2.97. The molecule has 2 aromatic rings. The molecule has 1 saturated carbocycles. The summed E-state index contributed by atoms with van der Waals surface area (Å²) in [4.78, 5) is 18.7. The summed E-state index contributed by atoms with van der Waals surface area (Å²) in [6.45, 7) is 0. The van der Waals surface area contributed by atoms with Crippen molar-refractivity contribution in [3.63, 3.8) is 0 Å². The van der Waals surface area contributed by atoms with Crippen molar-refractivity contribution in [3.05, 3.63) is 23.5 Å². The fraction of sp³-hybridized carbons (Fsp3) is 0.333. The van der Waals surface area contributed by atoms with E-state index in [1.165, 1.54) is 12.8 Å². The van der Waals surface area contributed by atoms with Crippen LogP contribution in [0.2, 0.25) is 0 Å². The fourth-order valence-electron chi connectivity index (χ4n) is 1.92. The number of aromatic amines is 1. The number of benzene rings is 1. The minimum Gasteiger partial charge on any atom is -0.494 e. The maximum absolute atomic E-state index is 10.9. The number of carbonyl (C=O) groups excluding carboxylic acids is 1. The molecule has 16 heavy (non-hydrogen) atoms. The van der Waals surface area contributed by atoms with Gasteiger partial charge >= 0.3 is 0 Å². The van der Waals surface area contributed by atoms with Gasteiger partial charge in [-0.1, -0.05) is 0 Å². The van der Waals surface area contributed by atoms with Crippen molar-refractivity contribution in [2.45, 2.75) is 18.8 Å². The smallest absolute Gasteiger partial charge is 0.152 e. The van der Waals surface area contributed by atoms with E-state index in [0.717, 1.165) is 28.9 Å². The van der Waals surface area contributed by atoms with Gasteiger partial charge in [-0.15, -0.1) is 0 Å². The van der Waals surface area contributed by atoms with E-state index < -0.39 is 0 Å². The standard InChI is InChI=1S/C12H12N2O2/c1-16-9-5-4-8(6-15)10-11(9)14-12(13-10)7-2-3-7/h4-7H,2-3H2,1H3,(H,13,14). The minimum absolute atomic E-state index is 0.539. The van der Waals surface area contributed by atoms with E-state index in [1.807, 2.05) is 0 Å². The second-order valence-electron chi connectivity index (χ2n) is 4.09. The summed E-state index contributed by atoms with van der Waals surface area (Å²) in [6.07, 6.45) is 3.19. The van der Waals surface area contributed by atoms with E-state index in [4.69, 9.17) is 4.74 Å². The molecule has 0 atom stereocenters. The topological polar surface area (TPSA) is 55.0 Å². The van der Waals surface area contributed by atoms with E-state index in [0.29, 0.717) is 11.5 Å². The Kier molecular flexibility index (Phi) is 1.96. The summed E-state index contributed by atoms with van der Waals surface area (Å²) in [6, 6.07) is 3.53. The van der Waals surface area contributed by atoms with Crippen LogP contribution in [0.5, 0.6) is 5.75 Å². The van der Waals surface area contributed by atoms with Crippen LogP contribution in [0.15, 0.2) is 12.1 Å². The Morgan fingerprint density at radius 3 is 2.94 bits per heavy atom. The van der Waals surface area contributed by atoms with Crippen molar-refractivity contribution >= 4 is 17.3 Å². The van der Waals surface area contributed by atoms with Crippen LogP contribution >= 0.6 is 0 Å². The second kappa shape index (κ2) is 3.33. The molecular weight excluding hydrogens is 204 g/mol. The molecule has 0 spiro atoms. The van der Waals surface area contributed by atoms with Crippen molar-refractivity contribution in [3.8, 4) is 5.75 Å². The van der Waals surface area contributed by atoms with Gasteiger partial charge < -0.3 is 9.72 Å². The van der Waals surface area contributed by atoms with Gasteiger partial charge in [-0.05, 0) is 25.0 Å². The number of hydrogen-bond acceptors (Lipinski definition) is 3. The molecule has 1 aliphatic rings. The Morgan fingerprint density at radius 2 is 2.31 bits per heavy atom. The molecule has 82 valence electrons. The van der Waals surface area contributed by atoms with Crippen molar-refractivity contribution < 1.29 is 9.53 Å². The Morgan fingerprint density at radius 1 is 1.50 bits per heavy atom. The van der Waals surface area contributed by atoms with Gasteiger partial charge in [0.2, 0.25) is 0 Å². The van der Waals surface area contributed by atoms with Crippen LogP contribution in [0, 0.1) is 0 Å². The van der Waals surface area contributed by atoms with Crippen LogP contribution < -0.4 is 4.74 Å². The summed E-state index contributed by atoms with van der Waals surface area (Å²) in [5, 5.41) is 0. The number of ether oxygens (including phenoxy) is 1. The van der Waals surface area contributed by atoms with E-state index in [1.54, 1.807) is 19.2 Å². The van der Waals surface area contributed by atoms with Gasteiger partial charge in [0.1, 0.15) is 22.6 Å². The van der Waals surface area contributed by atoms with Gasteiger partial charge in [-0.25, -0.2) is 4.98 Å². The first-order chi connectivity index (χ1) is 7.83. The molecule has 4 heteroatoms. The Hall–Kier alpha value is -1.84. The predicted octanol–water partition coefficient (Wildman–Crippen LogP) is 2.26. The summed E-state index contributed by atoms with van der Waals surface area (Å²) in [5.41, 5.74) is 2.16. The number of nitrogens with zero attached hydrogens (tertiary/aromatic N) is 1. The number of hydrogen-bond donors (Lipinski definition) is 1. The summed E-state index contributed by atoms with van der Waals surface area (Å²) < 4.78 is 5.25. The first-order valence-electron chi connectivity index (χ1n) is 5.35. The molecule has 1 N–H and O–H groups in total. The summed E-state index contributed by atoms with van der Waals surface area (Å²) in [7, 11) is 1.62.